The van der Waals surface area contributed by atoms with Gasteiger partial charge in [-0.25, -0.2) is 27.8 Å². The third kappa shape index (κ3) is 6.63. The van der Waals surface area contributed by atoms with Gasteiger partial charge in [-0.1, -0.05) is 0 Å². The second-order valence-electron chi connectivity index (χ2n) is 12.6. The predicted molar refractivity (Wildman–Crippen MR) is 161 cm³/mol. The summed E-state index contributed by atoms with van der Waals surface area (Å²) in [5.74, 6) is 0.132. The molecule has 1 atom stereocenters. The molecule has 4 aliphatic rings. The van der Waals surface area contributed by atoms with E-state index in [-0.39, 0.29) is 59.9 Å². The summed E-state index contributed by atoms with van der Waals surface area (Å²) in [5.41, 5.74) is -2.09. The maximum absolute atomic E-state index is 13.6. The van der Waals surface area contributed by atoms with Crippen LogP contribution in [0.5, 0.6) is 11.8 Å². The number of rotatable bonds is 5. The molecule has 1 saturated carbocycles. The third-order valence-corrected chi connectivity index (χ3v) is 10.1. The van der Waals surface area contributed by atoms with E-state index in [1.807, 2.05) is 18.7 Å². The van der Waals surface area contributed by atoms with Gasteiger partial charge in [-0.3, -0.25) is 4.79 Å². The molecule has 12 nitrogen and oxygen atoms in total. The Hall–Kier alpha value is -3.92. The highest BCUT2D eigenvalue weighted by Gasteiger charge is 2.62. The van der Waals surface area contributed by atoms with Crippen LogP contribution >= 0.6 is 0 Å². The van der Waals surface area contributed by atoms with Crippen molar-refractivity contribution in [2.45, 2.75) is 75.0 Å². The molecular formula is C30H36F3N7O5S. The fraction of sp³-hybridized carbons (Fsp3) is 0.533. The quantitative estimate of drug-likeness (QED) is 0.412. The van der Waals surface area contributed by atoms with Crippen LogP contribution in [0.2, 0.25) is 0 Å². The number of ether oxygens (including phenoxy) is 2. The molecule has 4 bridgehead atoms. The molecule has 2 fully saturated rings. The van der Waals surface area contributed by atoms with Gasteiger partial charge in [0.2, 0.25) is 11.8 Å². The highest BCUT2D eigenvalue weighted by atomic mass is 32.2. The van der Waals surface area contributed by atoms with Gasteiger partial charge in [0.15, 0.2) is 5.82 Å². The first-order valence-electron chi connectivity index (χ1n) is 15.2. The number of aromatic nitrogens is 4. The zero-order chi connectivity index (χ0) is 32.7. The van der Waals surface area contributed by atoms with E-state index in [0.29, 0.717) is 19.0 Å². The fourth-order valence-electron chi connectivity index (χ4n) is 5.95. The molecule has 7 rings (SSSR count). The van der Waals surface area contributed by atoms with E-state index in [0.717, 1.165) is 32.0 Å². The zero-order valence-electron chi connectivity index (χ0n) is 25.5. The summed E-state index contributed by atoms with van der Waals surface area (Å²) in [7, 11) is -4.28. The van der Waals surface area contributed by atoms with E-state index in [1.165, 1.54) is 35.0 Å². The molecule has 0 spiro atoms. The Labute approximate surface area is 264 Å². The van der Waals surface area contributed by atoms with Crippen LogP contribution < -0.4 is 24.4 Å². The Morgan fingerprint density at radius 3 is 2.65 bits per heavy atom. The fourth-order valence-corrected chi connectivity index (χ4v) is 6.86. The number of carbonyl (C=O) groups is 1. The smallest absolute Gasteiger partial charge is 0.394 e. The Morgan fingerprint density at radius 2 is 1.93 bits per heavy atom. The van der Waals surface area contributed by atoms with Gasteiger partial charge in [0.1, 0.15) is 10.7 Å². The topological polar surface area (TPSA) is 141 Å². The molecule has 0 radical (unpaired) electrons. The molecular weight excluding hydrogens is 627 g/mol. The number of carbonyl (C=O) groups excluding carboxylic acids is 1. The maximum Gasteiger partial charge on any atom is 0.394 e. The van der Waals surface area contributed by atoms with Gasteiger partial charge in [0, 0.05) is 36.5 Å². The zero-order valence-corrected chi connectivity index (χ0v) is 26.3. The van der Waals surface area contributed by atoms with Gasteiger partial charge in [-0.15, -0.1) is 5.10 Å². The molecule has 1 amide bonds. The van der Waals surface area contributed by atoms with Crippen molar-refractivity contribution in [1.82, 2.24) is 29.8 Å². The summed E-state index contributed by atoms with van der Waals surface area (Å²) in [5, 5.41) is 7.92. The van der Waals surface area contributed by atoms with Crippen LogP contribution in [0.3, 0.4) is 0 Å². The summed E-state index contributed by atoms with van der Waals surface area (Å²) in [6.45, 7) is 5.60. The van der Waals surface area contributed by atoms with E-state index in [9.17, 15) is 26.4 Å². The molecule has 0 aromatic carbocycles. The van der Waals surface area contributed by atoms with E-state index < -0.39 is 33.1 Å². The average Bonchev–Trinajstić information content (AvgIpc) is 3.55. The van der Waals surface area contributed by atoms with Gasteiger partial charge in [0.25, 0.3) is 15.9 Å². The first-order valence-corrected chi connectivity index (χ1v) is 16.7. The molecule has 3 aromatic heterocycles. The monoisotopic (exact) mass is 663 g/mol. The minimum atomic E-state index is -4.28. The van der Waals surface area contributed by atoms with Crippen LogP contribution in [0.1, 0.15) is 62.7 Å². The van der Waals surface area contributed by atoms with Crippen molar-refractivity contribution in [3.05, 3.63) is 48.3 Å². The van der Waals surface area contributed by atoms with Gasteiger partial charge < -0.3 is 19.7 Å². The molecule has 1 saturated heterocycles. The largest absolute Gasteiger partial charge is 0.478 e. The van der Waals surface area contributed by atoms with Crippen LogP contribution in [0.15, 0.2) is 47.6 Å². The Morgan fingerprint density at radius 1 is 1.13 bits per heavy atom. The summed E-state index contributed by atoms with van der Waals surface area (Å²) in [4.78, 5) is 24.2. The number of halogens is 3. The van der Waals surface area contributed by atoms with Crippen LogP contribution in [0.25, 0.3) is 5.82 Å². The number of hydrogen-bond acceptors (Lipinski definition) is 10. The van der Waals surface area contributed by atoms with Crippen LogP contribution in [-0.4, -0.2) is 78.1 Å². The molecule has 1 unspecified atom stereocenters. The Bertz CT molecular complexity index is 1690. The molecule has 6 heterocycles. The summed E-state index contributed by atoms with van der Waals surface area (Å²) in [6, 6.07) is 7.37. The van der Waals surface area contributed by atoms with Crippen LogP contribution in [0.4, 0.5) is 19.0 Å². The number of hydrogen-bond donors (Lipinski definition) is 2. The second-order valence-corrected chi connectivity index (χ2v) is 14.3. The van der Waals surface area contributed by atoms with E-state index in [2.05, 4.69) is 20.1 Å². The predicted octanol–water partition coefficient (Wildman–Crippen LogP) is 4.01. The number of nitrogens with zero attached hydrogens (tertiary/aromatic N) is 5. The van der Waals surface area contributed by atoms with Crippen molar-refractivity contribution >= 4 is 21.7 Å². The average molecular weight is 664 g/mol. The number of pyridine rings is 2. The van der Waals surface area contributed by atoms with E-state index in [4.69, 9.17) is 14.5 Å². The lowest BCUT2D eigenvalue weighted by atomic mass is 9.99. The normalized spacial score (nSPS) is 22.2. The van der Waals surface area contributed by atoms with Gasteiger partial charge >= 0.3 is 6.18 Å². The molecule has 248 valence electrons. The highest BCUT2D eigenvalue weighted by molar-refractivity contribution is 7.90. The number of nitrogens with one attached hydrogen (secondary N) is 2. The molecule has 3 aliphatic heterocycles. The van der Waals surface area contributed by atoms with Crippen molar-refractivity contribution in [3.8, 4) is 17.6 Å². The number of sulfonamides is 1. The van der Waals surface area contributed by atoms with Gasteiger partial charge in [-0.05, 0) is 77.1 Å². The third-order valence-electron chi connectivity index (χ3n) is 8.83. The van der Waals surface area contributed by atoms with Crippen LogP contribution in [-0.2, 0) is 10.0 Å². The highest BCUT2D eigenvalue weighted by Crippen LogP contribution is 2.59. The molecule has 3 aromatic rings. The minimum absolute atomic E-state index is 0.0422. The Kier molecular flexibility index (Phi) is 8.38. The Balaban J connectivity index is 1.29. The number of fused-ring (bicyclic) bond motifs is 9. The second kappa shape index (κ2) is 12.0. The van der Waals surface area contributed by atoms with E-state index >= 15 is 0 Å². The summed E-state index contributed by atoms with van der Waals surface area (Å²) >= 11 is 0. The van der Waals surface area contributed by atoms with Gasteiger partial charge in [0.05, 0.1) is 30.4 Å². The SMILES string of the molecule is CC1(C)CC2CN1c1nc(-n3ccc(OCCC4(C(F)(F)F)CC4)n3)ccc1C(=O)NS(=O)(=O)c1ccc(nc1)OCCCCN2. The lowest BCUT2D eigenvalue weighted by molar-refractivity contribution is -0.190. The standard InChI is InChI=1S/C30H36F3N7O5S/c1-28(2)17-20-19-39(28)26-22(27(41)38-46(42,43)21-5-8-24(35-18-21)44-15-4-3-13-34-20)6-7-23(36-26)40-14-9-25(37-40)45-16-12-29(10-11-29)30(31,32)33/h5-9,14,18,20,34H,3-4,10-13,15-17,19H2,1-2H3,(H,38,41). The van der Waals surface area contributed by atoms with Crippen LogP contribution in [0, 0.1) is 5.41 Å². The number of amides is 1. The summed E-state index contributed by atoms with van der Waals surface area (Å²) < 4.78 is 80.9. The summed E-state index contributed by atoms with van der Waals surface area (Å²) in [6.07, 6.45) is 0.860. The van der Waals surface area contributed by atoms with Crippen molar-refractivity contribution in [2.75, 3.05) is 31.2 Å². The van der Waals surface area contributed by atoms with Gasteiger partial charge in [-0.2, -0.15) is 13.2 Å². The van der Waals surface area contributed by atoms with Crippen molar-refractivity contribution in [3.63, 3.8) is 0 Å². The number of anilines is 1. The van der Waals surface area contributed by atoms with Crippen molar-refractivity contribution < 1.29 is 35.9 Å². The lowest BCUT2D eigenvalue weighted by Crippen LogP contribution is -2.41. The minimum Gasteiger partial charge on any atom is -0.478 e. The van der Waals surface area contributed by atoms with Crippen molar-refractivity contribution in [1.29, 1.82) is 0 Å². The first-order chi connectivity index (χ1) is 21.8. The maximum atomic E-state index is 13.6. The van der Waals surface area contributed by atoms with E-state index in [1.54, 1.807) is 6.20 Å². The molecule has 1 aliphatic carbocycles. The molecule has 46 heavy (non-hydrogen) atoms. The first kappa shape index (κ1) is 32.0. The molecule has 2 N–H and O–H groups in total. The lowest BCUT2D eigenvalue weighted by Gasteiger charge is -2.33. The molecule has 16 heteroatoms. The van der Waals surface area contributed by atoms with Crippen molar-refractivity contribution in [2.24, 2.45) is 5.41 Å². The number of alkyl halides is 3.